The van der Waals surface area contributed by atoms with Crippen LogP contribution in [-0.4, -0.2) is 11.8 Å². The van der Waals surface area contributed by atoms with Gasteiger partial charge in [0, 0.05) is 12.8 Å². The molecule has 0 saturated heterocycles. The van der Waals surface area contributed by atoms with E-state index in [1.54, 1.807) is 0 Å². The van der Waals surface area contributed by atoms with E-state index in [4.69, 9.17) is 0 Å². The maximum absolute atomic E-state index is 12.4. The average Bonchev–Trinajstić information content (AvgIpc) is 2.74. The van der Waals surface area contributed by atoms with Gasteiger partial charge in [-0.1, -0.05) is 66.7 Å². The van der Waals surface area contributed by atoms with Gasteiger partial charge in [0.15, 0.2) is 0 Å². The Morgan fingerprint density at radius 2 is 1.14 bits per heavy atom. The summed E-state index contributed by atoms with van der Waals surface area (Å²) in [5.74, 6) is -0.142. The molecule has 3 aromatic carbocycles. The summed E-state index contributed by atoms with van der Waals surface area (Å²) in [6.07, 6.45) is 2.13. The molecule has 0 fully saturated rings. The molecule has 0 aromatic heterocycles. The molecule has 0 heterocycles. The molecule has 0 radical (unpaired) electrons. The number of hydrogen-bond donors (Lipinski definition) is 2. The van der Waals surface area contributed by atoms with Crippen molar-refractivity contribution in [2.45, 2.75) is 32.6 Å². The quantitative estimate of drug-likeness (QED) is 0.563. The van der Waals surface area contributed by atoms with Crippen LogP contribution in [0.5, 0.6) is 0 Å². The van der Waals surface area contributed by atoms with Gasteiger partial charge >= 0.3 is 0 Å². The summed E-state index contributed by atoms with van der Waals surface area (Å²) in [5.41, 5.74) is 4.53. The minimum Gasteiger partial charge on any atom is -0.324 e. The van der Waals surface area contributed by atoms with Crippen LogP contribution < -0.4 is 10.6 Å². The first kappa shape index (κ1) is 20.3. The summed E-state index contributed by atoms with van der Waals surface area (Å²) in [6, 6.07) is 25.5. The SMILES string of the molecule is Cc1ccc(NC(=O)CCc2ccccc2)c(NC(=O)CCc2ccccc2)c1. The van der Waals surface area contributed by atoms with Crippen LogP contribution in [0.1, 0.15) is 29.5 Å². The summed E-state index contributed by atoms with van der Waals surface area (Å²) in [4.78, 5) is 24.8. The minimum atomic E-state index is -0.0718. The number of carbonyl (C=O) groups excluding carboxylic acids is 2. The van der Waals surface area contributed by atoms with Crippen LogP contribution in [0.2, 0.25) is 0 Å². The Morgan fingerprint density at radius 1 is 0.655 bits per heavy atom. The fraction of sp³-hybridized carbons (Fsp3) is 0.200. The van der Waals surface area contributed by atoms with Crippen molar-refractivity contribution in [3.63, 3.8) is 0 Å². The lowest BCUT2D eigenvalue weighted by Crippen LogP contribution is -2.17. The zero-order valence-corrected chi connectivity index (χ0v) is 16.7. The first-order valence-corrected chi connectivity index (χ1v) is 9.88. The zero-order chi connectivity index (χ0) is 20.5. The molecule has 0 saturated carbocycles. The normalized spacial score (nSPS) is 10.4. The molecular weight excluding hydrogens is 360 g/mol. The summed E-state index contributed by atoms with van der Waals surface area (Å²) < 4.78 is 0. The van der Waals surface area contributed by atoms with Gasteiger partial charge in [0.2, 0.25) is 11.8 Å². The number of rotatable bonds is 8. The minimum absolute atomic E-state index is 0.0702. The van der Waals surface area contributed by atoms with E-state index in [9.17, 15) is 9.59 Å². The van der Waals surface area contributed by atoms with Gasteiger partial charge in [-0.15, -0.1) is 0 Å². The number of benzene rings is 3. The second-order valence-corrected chi connectivity index (χ2v) is 7.12. The van der Waals surface area contributed by atoms with E-state index < -0.39 is 0 Å². The molecule has 3 rings (SSSR count). The molecule has 2 amide bonds. The average molecular weight is 386 g/mol. The Bertz CT molecular complexity index is 953. The third kappa shape index (κ3) is 6.61. The molecular formula is C25H26N2O2. The first-order valence-electron chi connectivity index (χ1n) is 9.88. The van der Waals surface area contributed by atoms with Crippen LogP contribution in [0.4, 0.5) is 11.4 Å². The fourth-order valence-electron chi connectivity index (χ4n) is 3.10. The molecule has 4 nitrogen and oxygen atoms in total. The van der Waals surface area contributed by atoms with Crippen LogP contribution in [0.25, 0.3) is 0 Å². The van der Waals surface area contributed by atoms with E-state index in [0.717, 1.165) is 16.7 Å². The highest BCUT2D eigenvalue weighted by Gasteiger charge is 2.11. The predicted octanol–water partition coefficient (Wildman–Crippen LogP) is 5.14. The second-order valence-electron chi connectivity index (χ2n) is 7.12. The molecule has 0 atom stereocenters. The van der Waals surface area contributed by atoms with Crippen LogP contribution in [-0.2, 0) is 22.4 Å². The Morgan fingerprint density at radius 3 is 1.66 bits per heavy atom. The molecule has 148 valence electrons. The summed E-state index contributed by atoms with van der Waals surface area (Å²) in [5, 5.41) is 5.88. The van der Waals surface area contributed by atoms with Gasteiger partial charge in [-0.2, -0.15) is 0 Å². The number of hydrogen-bond acceptors (Lipinski definition) is 2. The lowest BCUT2D eigenvalue weighted by Gasteiger charge is -2.13. The van der Waals surface area contributed by atoms with Crippen LogP contribution in [0.3, 0.4) is 0 Å². The van der Waals surface area contributed by atoms with Gasteiger partial charge in [0.05, 0.1) is 11.4 Å². The van der Waals surface area contributed by atoms with Crippen molar-refractivity contribution in [2.75, 3.05) is 10.6 Å². The fourth-order valence-corrected chi connectivity index (χ4v) is 3.10. The van der Waals surface area contributed by atoms with Crippen molar-refractivity contribution in [1.82, 2.24) is 0 Å². The number of anilines is 2. The van der Waals surface area contributed by atoms with Crippen molar-refractivity contribution in [3.8, 4) is 0 Å². The van der Waals surface area contributed by atoms with E-state index in [1.807, 2.05) is 85.8 Å². The third-order valence-electron chi connectivity index (χ3n) is 4.69. The Balaban J connectivity index is 1.58. The van der Waals surface area contributed by atoms with Gasteiger partial charge in [-0.05, 0) is 48.6 Å². The molecule has 0 aliphatic heterocycles. The van der Waals surface area contributed by atoms with Gasteiger partial charge in [-0.25, -0.2) is 0 Å². The molecule has 0 bridgehead atoms. The van der Waals surface area contributed by atoms with Crippen LogP contribution in [0.15, 0.2) is 78.9 Å². The maximum Gasteiger partial charge on any atom is 0.224 e. The monoisotopic (exact) mass is 386 g/mol. The number of aryl methyl sites for hydroxylation is 3. The second kappa shape index (κ2) is 10.2. The summed E-state index contributed by atoms with van der Waals surface area (Å²) in [7, 11) is 0. The molecule has 4 heteroatoms. The lowest BCUT2D eigenvalue weighted by molar-refractivity contribution is -0.117. The molecule has 3 aromatic rings. The number of carbonyl (C=O) groups is 2. The molecule has 0 unspecified atom stereocenters. The van der Waals surface area contributed by atoms with Gasteiger partial charge < -0.3 is 10.6 Å². The van der Waals surface area contributed by atoms with Crippen molar-refractivity contribution in [2.24, 2.45) is 0 Å². The van der Waals surface area contributed by atoms with Gasteiger partial charge in [0.25, 0.3) is 0 Å². The van der Waals surface area contributed by atoms with E-state index in [0.29, 0.717) is 37.1 Å². The van der Waals surface area contributed by atoms with E-state index >= 15 is 0 Å². The summed E-state index contributed by atoms with van der Waals surface area (Å²) >= 11 is 0. The van der Waals surface area contributed by atoms with E-state index in [-0.39, 0.29) is 11.8 Å². The largest absolute Gasteiger partial charge is 0.324 e. The van der Waals surface area contributed by atoms with Crippen molar-refractivity contribution < 1.29 is 9.59 Å². The van der Waals surface area contributed by atoms with Gasteiger partial charge in [-0.3, -0.25) is 9.59 Å². The molecule has 0 aliphatic rings. The molecule has 0 spiro atoms. The van der Waals surface area contributed by atoms with Crippen molar-refractivity contribution in [1.29, 1.82) is 0 Å². The first-order chi connectivity index (χ1) is 14.1. The van der Waals surface area contributed by atoms with Crippen LogP contribution in [0, 0.1) is 6.92 Å². The molecule has 2 N–H and O–H groups in total. The van der Waals surface area contributed by atoms with Gasteiger partial charge in [0.1, 0.15) is 0 Å². The zero-order valence-electron chi connectivity index (χ0n) is 16.7. The van der Waals surface area contributed by atoms with Crippen molar-refractivity contribution in [3.05, 3.63) is 95.6 Å². The lowest BCUT2D eigenvalue weighted by atomic mass is 10.1. The van der Waals surface area contributed by atoms with E-state index in [1.165, 1.54) is 0 Å². The topological polar surface area (TPSA) is 58.2 Å². The Labute approximate surface area is 172 Å². The third-order valence-corrected chi connectivity index (χ3v) is 4.69. The van der Waals surface area contributed by atoms with E-state index in [2.05, 4.69) is 10.6 Å². The predicted molar refractivity (Wildman–Crippen MR) is 118 cm³/mol. The summed E-state index contributed by atoms with van der Waals surface area (Å²) in [6.45, 7) is 1.96. The number of nitrogens with one attached hydrogen (secondary N) is 2. The van der Waals surface area contributed by atoms with Crippen molar-refractivity contribution >= 4 is 23.2 Å². The number of amides is 2. The Hall–Kier alpha value is -3.40. The maximum atomic E-state index is 12.4. The highest BCUT2D eigenvalue weighted by molar-refractivity contribution is 5.99. The smallest absolute Gasteiger partial charge is 0.224 e. The highest BCUT2D eigenvalue weighted by atomic mass is 16.2. The van der Waals surface area contributed by atoms with Crippen LogP contribution >= 0.6 is 0 Å². The Kier molecular flexibility index (Phi) is 7.17. The molecule has 0 aliphatic carbocycles. The highest BCUT2D eigenvalue weighted by Crippen LogP contribution is 2.24. The standard InChI is InChI=1S/C25H26N2O2/c1-19-12-15-22(26-24(28)16-13-20-8-4-2-5-9-20)23(18-19)27-25(29)17-14-21-10-6-3-7-11-21/h2-12,15,18H,13-14,16-17H2,1H3,(H,26,28)(H,27,29). The molecule has 29 heavy (non-hydrogen) atoms.